The molecular weight excluding hydrogens is 364 g/mol. The van der Waals surface area contributed by atoms with E-state index in [9.17, 15) is 14.4 Å². The quantitative estimate of drug-likeness (QED) is 0.735. The molecule has 1 heterocycles. The number of carbonyl (C=O) groups is 3. The Labute approximate surface area is 173 Å². The van der Waals surface area contributed by atoms with Crippen LogP contribution in [0.5, 0.6) is 0 Å². The van der Waals surface area contributed by atoms with E-state index >= 15 is 0 Å². The number of nitrogens with zero attached hydrogens (tertiary/aromatic N) is 2. The molecule has 0 radical (unpaired) electrons. The number of hydrogen-bond acceptors (Lipinski definition) is 4. The zero-order chi connectivity index (χ0) is 21.2. The second-order valence-electron chi connectivity index (χ2n) is 8.37. The fourth-order valence-corrected chi connectivity index (χ4v) is 4.65. The van der Waals surface area contributed by atoms with Crippen LogP contribution in [0.4, 0.5) is 0 Å². The van der Waals surface area contributed by atoms with Crippen molar-refractivity contribution in [3.63, 3.8) is 0 Å². The minimum atomic E-state index is -0.977. The van der Waals surface area contributed by atoms with Crippen molar-refractivity contribution in [2.24, 2.45) is 5.41 Å². The summed E-state index contributed by atoms with van der Waals surface area (Å²) in [6.07, 6.45) is 2.33. The number of ketones is 2. The van der Waals surface area contributed by atoms with Crippen LogP contribution < -0.4 is 0 Å². The van der Waals surface area contributed by atoms with E-state index in [4.69, 9.17) is 0 Å². The highest BCUT2D eigenvalue weighted by molar-refractivity contribution is 6.28. The molecular formula is C24H32N2O3. The number of allylic oxidation sites excluding steroid dienone is 1. The van der Waals surface area contributed by atoms with Gasteiger partial charge in [-0.05, 0) is 26.8 Å². The molecule has 2 aliphatic rings. The van der Waals surface area contributed by atoms with Crippen LogP contribution in [-0.2, 0) is 4.79 Å². The summed E-state index contributed by atoms with van der Waals surface area (Å²) in [5, 5.41) is 0. The number of rotatable bonds is 6. The van der Waals surface area contributed by atoms with E-state index in [-0.39, 0.29) is 17.5 Å². The summed E-state index contributed by atoms with van der Waals surface area (Å²) in [6, 6.07) is 6.95. The molecule has 0 spiro atoms. The van der Waals surface area contributed by atoms with Gasteiger partial charge in [-0.2, -0.15) is 0 Å². The monoisotopic (exact) mass is 396 g/mol. The summed E-state index contributed by atoms with van der Waals surface area (Å²) in [7, 11) is 0. The second-order valence-corrected chi connectivity index (χ2v) is 8.37. The van der Waals surface area contributed by atoms with Crippen molar-refractivity contribution in [2.75, 3.05) is 32.7 Å². The lowest BCUT2D eigenvalue weighted by molar-refractivity contribution is -0.141. The normalized spacial score (nSPS) is 19.9. The van der Waals surface area contributed by atoms with Crippen LogP contribution in [0, 0.1) is 5.41 Å². The third kappa shape index (κ3) is 3.80. The number of Topliss-reactive ketones (excluding diaryl/α,β-unsaturated/α-hetero) is 2. The molecule has 1 aromatic carbocycles. The number of unbranched alkanes of at least 4 members (excludes halogenated alkanes) is 1. The van der Waals surface area contributed by atoms with Gasteiger partial charge in [0.2, 0.25) is 5.91 Å². The molecule has 1 fully saturated rings. The average molecular weight is 397 g/mol. The molecule has 0 bridgehead atoms. The Morgan fingerprint density at radius 1 is 1.00 bits per heavy atom. The van der Waals surface area contributed by atoms with Gasteiger partial charge in [0.1, 0.15) is 0 Å². The van der Waals surface area contributed by atoms with Gasteiger partial charge in [-0.1, -0.05) is 51.0 Å². The first-order chi connectivity index (χ1) is 13.8. The summed E-state index contributed by atoms with van der Waals surface area (Å²) >= 11 is 0. The van der Waals surface area contributed by atoms with Crippen LogP contribution in [0.25, 0.3) is 0 Å². The number of hydrogen-bond donors (Lipinski definition) is 0. The van der Waals surface area contributed by atoms with Gasteiger partial charge in [0.05, 0.1) is 5.41 Å². The molecule has 1 aromatic rings. The molecule has 1 aliphatic heterocycles. The van der Waals surface area contributed by atoms with Crippen molar-refractivity contribution in [2.45, 2.75) is 47.0 Å². The van der Waals surface area contributed by atoms with Crippen molar-refractivity contribution >= 4 is 17.5 Å². The zero-order valence-corrected chi connectivity index (χ0v) is 18.1. The third-order valence-electron chi connectivity index (χ3n) is 6.52. The van der Waals surface area contributed by atoms with Crippen LogP contribution in [-0.4, -0.2) is 60.0 Å². The summed E-state index contributed by atoms with van der Waals surface area (Å²) in [6.45, 7) is 11.8. The highest BCUT2D eigenvalue weighted by atomic mass is 16.2. The van der Waals surface area contributed by atoms with Gasteiger partial charge in [0.15, 0.2) is 11.6 Å². The van der Waals surface area contributed by atoms with Crippen molar-refractivity contribution in [3.05, 3.63) is 46.5 Å². The molecule has 0 aromatic heterocycles. The smallest absolute Gasteiger partial charge is 0.233 e. The number of piperazine rings is 1. The fraction of sp³-hybridized carbons (Fsp3) is 0.542. The first-order valence-electron chi connectivity index (χ1n) is 10.8. The molecule has 1 atom stereocenters. The summed E-state index contributed by atoms with van der Waals surface area (Å²) < 4.78 is 0. The van der Waals surface area contributed by atoms with Crippen molar-refractivity contribution in [1.82, 2.24) is 9.80 Å². The Kier molecular flexibility index (Phi) is 6.37. The Morgan fingerprint density at radius 3 is 2.14 bits per heavy atom. The molecule has 1 amide bonds. The first kappa shape index (κ1) is 21.4. The number of fused-ring (bicyclic) bond motifs is 1. The van der Waals surface area contributed by atoms with Crippen molar-refractivity contribution < 1.29 is 14.4 Å². The predicted octanol–water partition coefficient (Wildman–Crippen LogP) is 3.74. The molecule has 0 saturated carbocycles. The highest BCUT2D eigenvalue weighted by Gasteiger charge is 2.47. The van der Waals surface area contributed by atoms with E-state index in [2.05, 4.69) is 18.7 Å². The van der Waals surface area contributed by atoms with Gasteiger partial charge < -0.3 is 9.80 Å². The maximum absolute atomic E-state index is 13.7. The summed E-state index contributed by atoms with van der Waals surface area (Å²) in [5.41, 5.74) is 0.713. The van der Waals surface area contributed by atoms with E-state index in [0.29, 0.717) is 41.8 Å². The third-order valence-corrected chi connectivity index (χ3v) is 6.52. The van der Waals surface area contributed by atoms with E-state index in [0.717, 1.165) is 32.5 Å². The Balaban J connectivity index is 2.01. The van der Waals surface area contributed by atoms with Crippen molar-refractivity contribution in [3.8, 4) is 0 Å². The van der Waals surface area contributed by atoms with Crippen molar-refractivity contribution in [1.29, 1.82) is 0 Å². The van der Waals surface area contributed by atoms with Gasteiger partial charge in [0, 0.05) is 48.5 Å². The van der Waals surface area contributed by atoms with Crippen LogP contribution in [0.1, 0.15) is 67.7 Å². The topological polar surface area (TPSA) is 57.7 Å². The molecule has 29 heavy (non-hydrogen) atoms. The highest BCUT2D eigenvalue weighted by Crippen LogP contribution is 2.42. The predicted molar refractivity (Wildman–Crippen MR) is 114 cm³/mol. The lowest BCUT2D eigenvalue weighted by Crippen LogP contribution is -2.54. The maximum atomic E-state index is 13.7. The number of benzene rings is 1. The van der Waals surface area contributed by atoms with Gasteiger partial charge >= 0.3 is 0 Å². The first-order valence-corrected chi connectivity index (χ1v) is 10.8. The molecule has 1 saturated heterocycles. The lowest BCUT2D eigenvalue weighted by Gasteiger charge is -2.41. The summed E-state index contributed by atoms with van der Waals surface area (Å²) in [5.74, 6) is -0.324. The van der Waals surface area contributed by atoms with Crippen LogP contribution in [0.2, 0.25) is 0 Å². The maximum Gasteiger partial charge on any atom is 0.233 e. The van der Waals surface area contributed by atoms with Crippen LogP contribution in [0.15, 0.2) is 35.4 Å². The SMILES string of the molecule is CCCCC(C)(C(=O)N1CCN(CC)CC1)C1=C(C)C(=O)c2ccccc2C1=O. The second kappa shape index (κ2) is 8.62. The Bertz CT molecular complexity index is 849. The molecule has 3 rings (SSSR count). The lowest BCUT2D eigenvalue weighted by atomic mass is 9.68. The molecule has 5 nitrogen and oxygen atoms in total. The summed E-state index contributed by atoms with van der Waals surface area (Å²) in [4.78, 5) is 44.5. The molecule has 5 heteroatoms. The largest absolute Gasteiger partial charge is 0.339 e. The molecule has 0 N–H and O–H groups in total. The van der Waals surface area contributed by atoms with Gasteiger partial charge in [-0.25, -0.2) is 0 Å². The Hall–Kier alpha value is -2.27. The zero-order valence-electron chi connectivity index (χ0n) is 18.1. The molecule has 1 unspecified atom stereocenters. The molecule has 1 aliphatic carbocycles. The van der Waals surface area contributed by atoms with Crippen LogP contribution in [0.3, 0.4) is 0 Å². The Morgan fingerprint density at radius 2 is 1.59 bits per heavy atom. The number of likely N-dealkylation sites (N-methyl/N-ethyl adjacent to an activating group) is 1. The van der Waals surface area contributed by atoms with E-state index in [1.807, 2.05) is 11.8 Å². The van der Waals surface area contributed by atoms with E-state index < -0.39 is 5.41 Å². The van der Waals surface area contributed by atoms with Gasteiger partial charge in [-0.3, -0.25) is 14.4 Å². The number of carbonyl (C=O) groups excluding carboxylic acids is 3. The average Bonchev–Trinajstić information content (AvgIpc) is 2.75. The molecule has 156 valence electrons. The van der Waals surface area contributed by atoms with Gasteiger partial charge in [0.25, 0.3) is 0 Å². The number of amides is 1. The van der Waals surface area contributed by atoms with Crippen LogP contribution >= 0.6 is 0 Å². The van der Waals surface area contributed by atoms with E-state index in [1.54, 1.807) is 31.2 Å². The standard InChI is InChI=1S/C24H32N2O3/c1-5-7-12-24(4,23(29)26-15-13-25(6-2)14-16-26)20-17(3)21(27)18-10-8-9-11-19(18)22(20)28/h8-11H,5-7,12-16H2,1-4H3. The van der Waals surface area contributed by atoms with E-state index in [1.165, 1.54) is 0 Å². The van der Waals surface area contributed by atoms with Gasteiger partial charge in [-0.15, -0.1) is 0 Å². The minimum Gasteiger partial charge on any atom is -0.339 e. The minimum absolute atomic E-state index is 0.0171. The fourth-order valence-electron chi connectivity index (χ4n) is 4.65.